The first kappa shape index (κ1) is 21.5. The van der Waals surface area contributed by atoms with E-state index in [2.05, 4.69) is 0 Å². The van der Waals surface area contributed by atoms with E-state index in [1.165, 1.54) is 26.0 Å². The van der Waals surface area contributed by atoms with Gasteiger partial charge in [0, 0.05) is 11.1 Å². The summed E-state index contributed by atoms with van der Waals surface area (Å²) in [6, 6.07) is 0. The van der Waals surface area contributed by atoms with Crippen molar-refractivity contribution in [3.63, 3.8) is 0 Å². The van der Waals surface area contributed by atoms with Crippen molar-refractivity contribution >= 4 is 19.8 Å². The molecule has 0 aliphatic heterocycles. The minimum Gasteiger partial charge on any atom is -0.478 e. The van der Waals surface area contributed by atoms with E-state index in [9.17, 15) is 19.0 Å². The number of unbranched alkanes of at least 4 members (excludes halogenated alkanes) is 2. The molecule has 0 atom stereocenters. The number of carboxylic acids is 2. The number of rotatable bonds is 12. The smallest absolute Gasteiger partial charge is 0.472 e. The fraction of sp³-hybridized carbons (Fsp3) is 0.571. The molecule has 0 aromatic heterocycles. The third kappa shape index (κ3) is 11.7. The average Bonchev–Trinajstić information content (AvgIpc) is 2.45. The van der Waals surface area contributed by atoms with Crippen LogP contribution in [0, 0.1) is 0 Å². The Bertz CT molecular complexity index is 467. The molecule has 0 aromatic rings. The molecule has 132 valence electrons. The van der Waals surface area contributed by atoms with E-state index < -0.39 is 19.8 Å². The van der Waals surface area contributed by atoms with Crippen LogP contribution in [0.15, 0.2) is 23.3 Å². The van der Waals surface area contributed by atoms with Gasteiger partial charge in [-0.25, -0.2) is 14.2 Å². The van der Waals surface area contributed by atoms with E-state index in [1.807, 2.05) is 0 Å². The van der Waals surface area contributed by atoms with Gasteiger partial charge in [0.25, 0.3) is 0 Å². The highest BCUT2D eigenvalue weighted by Gasteiger charge is 2.19. The molecule has 0 heterocycles. The zero-order valence-electron chi connectivity index (χ0n) is 13.2. The van der Waals surface area contributed by atoms with Gasteiger partial charge in [0.1, 0.15) is 0 Å². The standard InChI is InChI=1S/C14H23O8P/c1-11(13(15)16)7-3-5-9-21-23(19,20)22-10-6-4-8-12(2)14(17)18/h7-8H,3-6,9-10H2,1-2H3,(H,15,16)(H,17,18)(H,19,20). The van der Waals surface area contributed by atoms with Gasteiger partial charge in [-0.15, -0.1) is 0 Å². The Labute approximate surface area is 135 Å². The maximum Gasteiger partial charge on any atom is 0.472 e. The molecule has 0 saturated heterocycles. The van der Waals surface area contributed by atoms with Gasteiger partial charge in [0.15, 0.2) is 0 Å². The van der Waals surface area contributed by atoms with E-state index in [-0.39, 0.29) is 24.4 Å². The number of carbonyl (C=O) groups is 2. The van der Waals surface area contributed by atoms with Gasteiger partial charge in [-0.1, -0.05) is 12.2 Å². The fourth-order valence-electron chi connectivity index (χ4n) is 1.38. The monoisotopic (exact) mass is 350 g/mol. The summed E-state index contributed by atoms with van der Waals surface area (Å²) in [6.45, 7) is 2.86. The Balaban J connectivity index is 3.87. The first-order valence-electron chi connectivity index (χ1n) is 7.07. The van der Waals surface area contributed by atoms with Gasteiger partial charge in [0.2, 0.25) is 0 Å². The molecule has 23 heavy (non-hydrogen) atoms. The van der Waals surface area contributed by atoms with Crippen molar-refractivity contribution < 1.29 is 38.3 Å². The van der Waals surface area contributed by atoms with Gasteiger partial charge in [0.05, 0.1) is 13.2 Å². The van der Waals surface area contributed by atoms with Crippen LogP contribution in [0.2, 0.25) is 0 Å². The normalized spacial score (nSPS) is 15.3. The summed E-state index contributed by atoms with van der Waals surface area (Å²) in [5.41, 5.74) is 0.413. The Hall–Kier alpha value is -1.47. The second kappa shape index (κ2) is 11.1. The zero-order valence-corrected chi connectivity index (χ0v) is 14.1. The predicted molar refractivity (Wildman–Crippen MR) is 83.0 cm³/mol. The summed E-state index contributed by atoms with van der Waals surface area (Å²) in [5, 5.41) is 17.3. The van der Waals surface area contributed by atoms with Crippen LogP contribution < -0.4 is 0 Å². The molecule has 0 radical (unpaired) electrons. The van der Waals surface area contributed by atoms with Crippen molar-refractivity contribution in [1.82, 2.24) is 0 Å². The van der Waals surface area contributed by atoms with Gasteiger partial charge in [-0.05, 0) is 39.5 Å². The highest BCUT2D eigenvalue weighted by molar-refractivity contribution is 7.47. The van der Waals surface area contributed by atoms with Crippen molar-refractivity contribution in [3.05, 3.63) is 23.3 Å². The summed E-state index contributed by atoms with van der Waals surface area (Å²) in [7, 11) is -4.13. The molecule has 0 fully saturated rings. The van der Waals surface area contributed by atoms with Gasteiger partial charge in [-0.3, -0.25) is 9.05 Å². The first-order valence-corrected chi connectivity index (χ1v) is 8.57. The molecule has 0 rings (SSSR count). The maximum atomic E-state index is 11.5. The van der Waals surface area contributed by atoms with Crippen molar-refractivity contribution in [2.24, 2.45) is 0 Å². The molecule has 0 saturated carbocycles. The van der Waals surface area contributed by atoms with Gasteiger partial charge in [-0.2, -0.15) is 0 Å². The second-order valence-corrected chi connectivity index (χ2v) is 6.26. The molecule has 0 aliphatic carbocycles. The summed E-state index contributed by atoms with van der Waals surface area (Å²) in [4.78, 5) is 30.5. The van der Waals surface area contributed by atoms with Gasteiger partial charge >= 0.3 is 19.8 Å². The highest BCUT2D eigenvalue weighted by Crippen LogP contribution is 2.43. The number of aliphatic carboxylic acids is 2. The SMILES string of the molecule is CC(=CCCCOP(=O)(O)OCCCC=C(C)C(=O)O)C(=O)O. The molecule has 0 amide bonds. The number of phosphoric acid groups is 1. The van der Waals surface area contributed by atoms with Crippen LogP contribution >= 0.6 is 7.82 Å². The predicted octanol–water partition coefficient (Wildman–Crippen LogP) is 2.74. The minimum atomic E-state index is -4.13. The third-order valence-electron chi connectivity index (χ3n) is 2.78. The molecule has 3 N–H and O–H groups in total. The Morgan fingerprint density at radius 3 is 1.57 bits per heavy atom. The summed E-state index contributed by atoms with van der Waals surface area (Å²) in [5.74, 6) is -2.01. The number of hydrogen-bond acceptors (Lipinski definition) is 5. The quantitative estimate of drug-likeness (QED) is 0.278. The lowest BCUT2D eigenvalue weighted by molar-refractivity contribution is -0.133. The number of phosphoric ester groups is 1. The van der Waals surface area contributed by atoms with Crippen LogP contribution in [-0.2, 0) is 23.2 Å². The molecule has 0 unspecified atom stereocenters. The third-order valence-corrected chi connectivity index (χ3v) is 3.80. The Kier molecular flexibility index (Phi) is 10.4. The Morgan fingerprint density at radius 2 is 1.26 bits per heavy atom. The molecule has 0 spiro atoms. The Morgan fingerprint density at radius 1 is 0.913 bits per heavy atom. The fourth-order valence-corrected chi connectivity index (χ4v) is 2.17. The number of carboxylic acid groups (broad SMARTS) is 2. The van der Waals surface area contributed by atoms with Crippen LogP contribution in [0.4, 0.5) is 0 Å². The molecule has 0 aliphatic rings. The molecular weight excluding hydrogens is 327 g/mol. The zero-order chi connectivity index (χ0) is 17.9. The van der Waals surface area contributed by atoms with Crippen LogP contribution in [0.1, 0.15) is 39.5 Å². The number of allylic oxidation sites excluding steroid dienone is 2. The largest absolute Gasteiger partial charge is 0.478 e. The van der Waals surface area contributed by atoms with E-state index in [4.69, 9.17) is 19.3 Å². The highest BCUT2D eigenvalue weighted by atomic mass is 31.2. The average molecular weight is 350 g/mol. The van der Waals surface area contributed by atoms with Crippen molar-refractivity contribution in [1.29, 1.82) is 0 Å². The molecule has 9 heteroatoms. The van der Waals surface area contributed by atoms with Crippen LogP contribution in [0.25, 0.3) is 0 Å². The van der Waals surface area contributed by atoms with Crippen molar-refractivity contribution in [2.75, 3.05) is 13.2 Å². The first-order chi connectivity index (χ1) is 10.7. The topological polar surface area (TPSA) is 130 Å². The van der Waals surface area contributed by atoms with Crippen molar-refractivity contribution in [3.8, 4) is 0 Å². The summed E-state index contributed by atoms with van der Waals surface area (Å²) < 4.78 is 21.0. The van der Waals surface area contributed by atoms with E-state index in [0.717, 1.165) is 0 Å². The summed E-state index contributed by atoms with van der Waals surface area (Å²) >= 11 is 0. The molecule has 8 nitrogen and oxygen atoms in total. The molecular formula is C14H23O8P. The van der Waals surface area contributed by atoms with E-state index >= 15 is 0 Å². The second-order valence-electron chi connectivity index (χ2n) is 4.80. The molecule has 0 aromatic carbocycles. The maximum absolute atomic E-state index is 11.5. The molecule has 0 bridgehead atoms. The minimum absolute atomic E-state index is 0.0325. The summed E-state index contributed by atoms with van der Waals surface area (Å²) in [6.07, 6.45) is 4.62. The number of hydrogen-bond donors (Lipinski definition) is 3. The van der Waals surface area contributed by atoms with E-state index in [0.29, 0.717) is 25.7 Å². The van der Waals surface area contributed by atoms with Gasteiger partial charge < -0.3 is 15.1 Å². The van der Waals surface area contributed by atoms with Crippen molar-refractivity contribution in [2.45, 2.75) is 39.5 Å². The lowest BCUT2D eigenvalue weighted by Gasteiger charge is -2.11. The van der Waals surface area contributed by atoms with Crippen LogP contribution in [0.3, 0.4) is 0 Å². The van der Waals surface area contributed by atoms with Crippen LogP contribution in [-0.4, -0.2) is 40.3 Å². The van der Waals surface area contributed by atoms with Crippen LogP contribution in [0.5, 0.6) is 0 Å². The van der Waals surface area contributed by atoms with E-state index in [1.54, 1.807) is 0 Å². The lowest BCUT2D eigenvalue weighted by atomic mass is 10.2. The lowest BCUT2D eigenvalue weighted by Crippen LogP contribution is -2.00.